The standard InChI is InChI=1S/C10H11NO/c1-7-2-3-9-8(6-7)10(12)4-5-11-9/h2-3,5-6,10,12H,4H2,1H3/t10-/m0/s1. The number of rotatable bonds is 0. The predicted octanol–water partition coefficient (Wildman–Crippen LogP) is 2.13. The molecule has 2 heteroatoms. The van der Waals surface area contributed by atoms with E-state index in [1.54, 1.807) is 6.21 Å². The number of aryl methyl sites for hydroxylation is 1. The van der Waals surface area contributed by atoms with E-state index in [4.69, 9.17) is 0 Å². The Morgan fingerprint density at radius 2 is 2.33 bits per heavy atom. The van der Waals surface area contributed by atoms with Crippen LogP contribution in [0.15, 0.2) is 23.2 Å². The summed E-state index contributed by atoms with van der Waals surface area (Å²) in [7, 11) is 0. The molecule has 1 aromatic rings. The van der Waals surface area contributed by atoms with Crippen molar-refractivity contribution in [2.75, 3.05) is 0 Å². The SMILES string of the molecule is Cc1ccc2c(c1)[C@@H](O)CC=N2. The third-order valence-corrected chi connectivity index (χ3v) is 2.10. The van der Waals surface area contributed by atoms with Crippen LogP contribution >= 0.6 is 0 Å². The fourth-order valence-electron chi connectivity index (χ4n) is 1.44. The summed E-state index contributed by atoms with van der Waals surface area (Å²) in [6.07, 6.45) is 2.04. The van der Waals surface area contributed by atoms with Crippen LogP contribution in [0.4, 0.5) is 5.69 Å². The van der Waals surface area contributed by atoms with E-state index in [-0.39, 0.29) is 6.10 Å². The zero-order valence-corrected chi connectivity index (χ0v) is 6.99. The first kappa shape index (κ1) is 7.50. The van der Waals surface area contributed by atoms with E-state index in [0.717, 1.165) is 11.3 Å². The van der Waals surface area contributed by atoms with Crippen molar-refractivity contribution >= 4 is 11.9 Å². The molecule has 2 rings (SSSR count). The number of hydrogen-bond donors (Lipinski definition) is 1. The van der Waals surface area contributed by atoms with Crippen molar-refractivity contribution in [1.29, 1.82) is 0 Å². The first-order valence-electron chi connectivity index (χ1n) is 4.08. The van der Waals surface area contributed by atoms with Crippen molar-refractivity contribution < 1.29 is 5.11 Å². The summed E-state index contributed by atoms with van der Waals surface area (Å²) < 4.78 is 0. The van der Waals surface area contributed by atoms with E-state index >= 15 is 0 Å². The predicted molar refractivity (Wildman–Crippen MR) is 48.9 cm³/mol. The van der Waals surface area contributed by atoms with Crippen LogP contribution < -0.4 is 0 Å². The van der Waals surface area contributed by atoms with E-state index in [1.807, 2.05) is 25.1 Å². The highest BCUT2D eigenvalue weighted by molar-refractivity contribution is 5.69. The van der Waals surface area contributed by atoms with Gasteiger partial charge in [0.05, 0.1) is 11.8 Å². The maximum Gasteiger partial charge on any atom is 0.0860 e. The molecule has 0 bridgehead atoms. The van der Waals surface area contributed by atoms with Gasteiger partial charge in [0.15, 0.2) is 0 Å². The van der Waals surface area contributed by atoms with Gasteiger partial charge in [-0.05, 0) is 13.0 Å². The summed E-state index contributed by atoms with van der Waals surface area (Å²) in [6.45, 7) is 2.02. The molecule has 1 atom stereocenters. The highest BCUT2D eigenvalue weighted by Crippen LogP contribution is 2.31. The molecule has 0 aliphatic carbocycles. The molecular formula is C10H11NO. The molecule has 0 unspecified atom stereocenters. The van der Waals surface area contributed by atoms with Gasteiger partial charge in [-0.25, -0.2) is 0 Å². The van der Waals surface area contributed by atoms with Crippen LogP contribution in [0.3, 0.4) is 0 Å². The van der Waals surface area contributed by atoms with E-state index in [1.165, 1.54) is 5.56 Å². The highest BCUT2D eigenvalue weighted by Gasteiger charge is 2.14. The maximum absolute atomic E-state index is 9.59. The van der Waals surface area contributed by atoms with Crippen LogP contribution in [0, 0.1) is 6.92 Å². The molecule has 1 N–H and O–H groups in total. The van der Waals surface area contributed by atoms with Gasteiger partial charge in [0.25, 0.3) is 0 Å². The van der Waals surface area contributed by atoms with E-state index in [9.17, 15) is 5.11 Å². The molecule has 0 radical (unpaired) electrons. The van der Waals surface area contributed by atoms with Crippen molar-refractivity contribution in [2.24, 2.45) is 4.99 Å². The third-order valence-electron chi connectivity index (χ3n) is 2.10. The van der Waals surface area contributed by atoms with Crippen LogP contribution in [0.5, 0.6) is 0 Å². The molecule has 2 nitrogen and oxygen atoms in total. The zero-order valence-electron chi connectivity index (χ0n) is 6.99. The molecule has 12 heavy (non-hydrogen) atoms. The van der Waals surface area contributed by atoms with Gasteiger partial charge in [-0.1, -0.05) is 17.7 Å². The Balaban J connectivity index is 2.56. The summed E-state index contributed by atoms with van der Waals surface area (Å²) in [5.41, 5.74) is 3.03. The van der Waals surface area contributed by atoms with Crippen LogP contribution in [0.2, 0.25) is 0 Å². The number of fused-ring (bicyclic) bond motifs is 1. The average molecular weight is 161 g/mol. The lowest BCUT2D eigenvalue weighted by Gasteiger charge is -2.15. The molecule has 62 valence electrons. The Morgan fingerprint density at radius 3 is 3.17 bits per heavy atom. The first-order valence-corrected chi connectivity index (χ1v) is 4.08. The highest BCUT2D eigenvalue weighted by atomic mass is 16.3. The summed E-state index contributed by atoms with van der Waals surface area (Å²) in [4.78, 5) is 4.20. The van der Waals surface area contributed by atoms with Crippen molar-refractivity contribution in [1.82, 2.24) is 0 Å². The van der Waals surface area contributed by atoms with Crippen molar-refractivity contribution in [3.63, 3.8) is 0 Å². The zero-order chi connectivity index (χ0) is 8.55. The van der Waals surface area contributed by atoms with Gasteiger partial charge in [-0.15, -0.1) is 0 Å². The second-order valence-corrected chi connectivity index (χ2v) is 3.13. The van der Waals surface area contributed by atoms with Gasteiger partial charge >= 0.3 is 0 Å². The number of nitrogens with zero attached hydrogens (tertiary/aromatic N) is 1. The average Bonchev–Trinajstić information content (AvgIpc) is 2.07. The van der Waals surface area contributed by atoms with Gasteiger partial charge in [0.1, 0.15) is 0 Å². The van der Waals surface area contributed by atoms with Gasteiger partial charge in [-0.3, -0.25) is 4.99 Å². The largest absolute Gasteiger partial charge is 0.388 e. The van der Waals surface area contributed by atoms with Crippen LogP contribution in [0.25, 0.3) is 0 Å². The summed E-state index contributed by atoms with van der Waals surface area (Å²) >= 11 is 0. The van der Waals surface area contributed by atoms with E-state index < -0.39 is 0 Å². The second-order valence-electron chi connectivity index (χ2n) is 3.13. The lowest BCUT2D eigenvalue weighted by atomic mass is 10.0. The molecule has 0 amide bonds. The van der Waals surface area contributed by atoms with Crippen LogP contribution in [0.1, 0.15) is 23.7 Å². The molecule has 1 aromatic carbocycles. The minimum Gasteiger partial charge on any atom is -0.388 e. The molecule has 0 aromatic heterocycles. The number of aliphatic hydroxyl groups excluding tert-OH is 1. The molecule has 0 saturated carbocycles. The fraction of sp³-hybridized carbons (Fsp3) is 0.300. The summed E-state index contributed by atoms with van der Waals surface area (Å²) in [5.74, 6) is 0. The molecule has 1 aliphatic rings. The van der Waals surface area contributed by atoms with Gasteiger partial charge < -0.3 is 5.11 Å². The first-order chi connectivity index (χ1) is 5.77. The summed E-state index contributed by atoms with van der Waals surface area (Å²) in [5, 5.41) is 9.59. The quantitative estimate of drug-likeness (QED) is 0.621. The smallest absolute Gasteiger partial charge is 0.0860 e. The minimum absolute atomic E-state index is 0.364. The molecular weight excluding hydrogens is 150 g/mol. The topological polar surface area (TPSA) is 32.6 Å². The number of hydrogen-bond acceptors (Lipinski definition) is 2. The Hall–Kier alpha value is -1.15. The lowest BCUT2D eigenvalue weighted by Crippen LogP contribution is -2.02. The number of aliphatic imine (C=N–C) groups is 1. The minimum atomic E-state index is -0.364. The Bertz CT molecular complexity index is 331. The van der Waals surface area contributed by atoms with Gasteiger partial charge in [-0.2, -0.15) is 0 Å². The molecule has 0 saturated heterocycles. The van der Waals surface area contributed by atoms with Crippen LogP contribution in [-0.4, -0.2) is 11.3 Å². The Labute approximate surface area is 71.6 Å². The molecule has 1 heterocycles. The Kier molecular flexibility index (Phi) is 1.70. The molecule has 0 fully saturated rings. The number of benzene rings is 1. The van der Waals surface area contributed by atoms with Gasteiger partial charge in [0, 0.05) is 18.2 Å². The Morgan fingerprint density at radius 1 is 1.50 bits per heavy atom. The maximum atomic E-state index is 9.59. The lowest BCUT2D eigenvalue weighted by molar-refractivity contribution is 0.186. The second kappa shape index (κ2) is 2.72. The van der Waals surface area contributed by atoms with Crippen LogP contribution in [-0.2, 0) is 0 Å². The van der Waals surface area contributed by atoms with E-state index in [0.29, 0.717) is 6.42 Å². The van der Waals surface area contributed by atoms with Crippen molar-refractivity contribution in [3.05, 3.63) is 29.3 Å². The molecule has 0 spiro atoms. The summed E-state index contributed by atoms with van der Waals surface area (Å²) in [6, 6.07) is 5.95. The fourth-order valence-corrected chi connectivity index (χ4v) is 1.44. The number of aliphatic hydroxyl groups is 1. The van der Waals surface area contributed by atoms with Crippen molar-refractivity contribution in [2.45, 2.75) is 19.4 Å². The normalized spacial score (nSPS) is 20.7. The van der Waals surface area contributed by atoms with Crippen molar-refractivity contribution in [3.8, 4) is 0 Å². The molecule has 1 aliphatic heterocycles. The third kappa shape index (κ3) is 1.14. The monoisotopic (exact) mass is 161 g/mol. The van der Waals surface area contributed by atoms with E-state index in [2.05, 4.69) is 4.99 Å². The van der Waals surface area contributed by atoms with Gasteiger partial charge in [0.2, 0.25) is 0 Å².